The molecule has 2 aromatic heterocycles. The van der Waals surface area contributed by atoms with Crippen molar-refractivity contribution in [1.29, 1.82) is 0 Å². The van der Waals surface area contributed by atoms with E-state index in [9.17, 15) is 9.59 Å². The predicted octanol–water partition coefficient (Wildman–Crippen LogP) is 5.17. The molecule has 0 fully saturated rings. The van der Waals surface area contributed by atoms with Gasteiger partial charge in [-0.1, -0.05) is 35.5 Å². The summed E-state index contributed by atoms with van der Waals surface area (Å²) in [4.78, 5) is 29.1. The van der Waals surface area contributed by atoms with Crippen LogP contribution in [0, 0.1) is 0 Å². The molecule has 30 heavy (non-hydrogen) atoms. The van der Waals surface area contributed by atoms with Crippen LogP contribution in [0.1, 0.15) is 0 Å². The number of carbonyl (C=O) groups excluding carboxylic acids is 1. The van der Waals surface area contributed by atoms with Crippen LogP contribution < -0.4 is 15.6 Å². The van der Waals surface area contributed by atoms with E-state index >= 15 is 0 Å². The van der Waals surface area contributed by atoms with Crippen molar-refractivity contribution in [3.05, 3.63) is 75.4 Å². The smallest absolute Gasteiger partial charge is 0.271 e. The molecule has 1 amide bonds. The van der Waals surface area contributed by atoms with Crippen LogP contribution in [0.15, 0.2) is 69.9 Å². The maximum Gasteiger partial charge on any atom is 0.271 e. The summed E-state index contributed by atoms with van der Waals surface area (Å²) in [7, 11) is 1.66. The average Bonchev–Trinajstić information content (AvgIpc) is 3.21. The lowest BCUT2D eigenvalue weighted by molar-refractivity contribution is -0.113. The van der Waals surface area contributed by atoms with Gasteiger partial charge in [0.1, 0.15) is 16.2 Å². The number of aromatic nitrogens is 2. The topological polar surface area (TPSA) is 73.2 Å². The monoisotopic (exact) mass is 457 g/mol. The third-order valence-corrected chi connectivity index (χ3v) is 6.41. The molecular formula is C21H16ClN3O3S2. The van der Waals surface area contributed by atoms with E-state index in [0.29, 0.717) is 37.6 Å². The lowest BCUT2D eigenvalue weighted by atomic mass is 10.3. The summed E-state index contributed by atoms with van der Waals surface area (Å²) in [6.45, 7) is 0. The molecular weight excluding hydrogens is 442 g/mol. The van der Waals surface area contributed by atoms with Crippen LogP contribution in [0.2, 0.25) is 5.02 Å². The summed E-state index contributed by atoms with van der Waals surface area (Å²) >= 11 is 8.68. The van der Waals surface area contributed by atoms with Crippen LogP contribution in [0.25, 0.3) is 10.2 Å². The highest BCUT2D eigenvalue weighted by Gasteiger charge is 2.12. The van der Waals surface area contributed by atoms with Gasteiger partial charge in [-0.05, 0) is 47.8 Å². The number of ether oxygens (including phenoxy) is 1. The maximum atomic E-state index is 12.3. The van der Waals surface area contributed by atoms with Crippen LogP contribution in [0.4, 0.5) is 5.69 Å². The van der Waals surface area contributed by atoms with Gasteiger partial charge in [-0.2, -0.15) is 0 Å². The fourth-order valence-electron chi connectivity index (χ4n) is 2.68. The van der Waals surface area contributed by atoms with E-state index in [1.807, 2.05) is 17.5 Å². The molecule has 4 aromatic rings. The van der Waals surface area contributed by atoms with Crippen LogP contribution >= 0.6 is 34.7 Å². The number of fused-ring (bicyclic) bond motifs is 1. The van der Waals surface area contributed by atoms with Gasteiger partial charge in [-0.3, -0.25) is 14.2 Å². The number of nitrogens with zero attached hydrogens (tertiary/aromatic N) is 2. The van der Waals surface area contributed by atoms with Crippen LogP contribution in [-0.2, 0) is 11.8 Å². The highest BCUT2D eigenvalue weighted by Crippen LogP contribution is 2.29. The van der Waals surface area contributed by atoms with Gasteiger partial charge in [0.05, 0.1) is 16.3 Å². The molecule has 2 aromatic carbocycles. The third-order valence-electron chi connectivity index (χ3n) is 4.18. The van der Waals surface area contributed by atoms with Gasteiger partial charge in [0.25, 0.3) is 5.56 Å². The predicted molar refractivity (Wildman–Crippen MR) is 122 cm³/mol. The van der Waals surface area contributed by atoms with Gasteiger partial charge in [0.15, 0.2) is 5.16 Å². The lowest BCUT2D eigenvalue weighted by Gasteiger charge is -2.10. The maximum absolute atomic E-state index is 12.3. The number of thioether (sulfide) groups is 1. The minimum absolute atomic E-state index is 0.105. The molecule has 0 atom stereocenters. The SMILES string of the molecule is Cn1c(SCC(=O)Nc2ccc(Oc3ccccc3Cl)cc2)nc2ccsc2c1=O. The Kier molecular flexibility index (Phi) is 6.08. The molecule has 6 nitrogen and oxygen atoms in total. The Balaban J connectivity index is 1.37. The number of nitrogens with one attached hydrogen (secondary N) is 1. The van der Waals surface area contributed by atoms with E-state index < -0.39 is 0 Å². The Morgan fingerprint density at radius 3 is 2.73 bits per heavy atom. The van der Waals surface area contributed by atoms with Gasteiger partial charge in [-0.25, -0.2) is 4.98 Å². The number of hydrogen-bond donors (Lipinski definition) is 1. The molecule has 0 bridgehead atoms. The molecule has 0 saturated heterocycles. The zero-order chi connectivity index (χ0) is 21.1. The fourth-order valence-corrected chi connectivity index (χ4v) is 4.44. The molecule has 0 radical (unpaired) electrons. The first kappa shape index (κ1) is 20.5. The number of hydrogen-bond acceptors (Lipinski definition) is 6. The zero-order valence-electron chi connectivity index (χ0n) is 15.8. The van der Waals surface area contributed by atoms with E-state index in [0.717, 1.165) is 0 Å². The summed E-state index contributed by atoms with van der Waals surface area (Å²) in [5.74, 6) is 1.11. The van der Waals surface area contributed by atoms with Crippen molar-refractivity contribution in [2.75, 3.05) is 11.1 Å². The molecule has 9 heteroatoms. The number of carbonyl (C=O) groups is 1. The first-order chi connectivity index (χ1) is 14.5. The van der Waals surface area contributed by atoms with Crippen LogP contribution in [0.5, 0.6) is 11.5 Å². The standard InChI is InChI=1S/C21H16ClN3O3S2/c1-25-20(27)19-16(10-11-29-19)24-21(25)30-12-18(26)23-13-6-8-14(9-7-13)28-17-5-3-2-4-15(17)22/h2-11H,12H2,1H3,(H,23,26). The Morgan fingerprint density at radius 1 is 1.20 bits per heavy atom. The molecule has 2 heterocycles. The highest BCUT2D eigenvalue weighted by molar-refractivity contribution is 7.99. The summed E-state index contributed by atoms with van der Waals surface area (Å²) in [5, 5.41) is 5.69. The number of thiophene rings is 1. The summed E-state index contributed by atoms with van der Waals surface area (Å²) < 4.78 is 7.82. The minimum Gasteiger partial charge on any atom is -0.456 e. The van der Waals surface area contributed by atoms with Crippen molar-refractivity contribution >= 4 is 56.5 Å². The van der Waals surface area contributed by atoms with Crippen molar-refractivity contribution in [1.82, 2.24) is 9.55 Å². The van der Waals surface area contributed by atoms with E-state index in [1.54, 1.807) is 49.5 Å². The largest absolute Gasteiger partial charge is 0.456 e. The molecule has 0 aliphatic carbocycles. The number of halogens is 1. The van der Waals surface area contributed by atoms with Gasteiger partial charge >= 0.3 is 0 Å². The van der Waals surface area contributed by atoms with Crippen molar-refractivity contribution in [2.45, 2.75) is 5.16 Å². The van der Waals surface area contributed by atoms with Gasteiger partial charge in [0, 0.05) is 12.7 Å². The molecule has 0 unspecified atom stereocenters. The van der Waals surface area contributed by atoms with E-state index in [1.165, 1.54) is 27.7 Å². The first-order valence-electron chi connectivity index (χ1n) is 8.90. The zero-order valence-corrected chi connectivity index (χ0v) is 18.2. The van der Waals surface area contributed by atoms with Crippen molar-refractivity contribution in [3.63, 3.8) is 0 Å². The second-order valence-corrected chi connectivity index (χ2v) is 8.55. The van der Waals surface area contributed by atoms with Crippen LogP contribution in [-0.4, -0.2) is 21.2 Å². The Hall–Kier alpha value is -2.81. The molecule has 152 valence electrons. The molecule has 4 rings (SSSR count). The number of benzene rings is 2. The van der Waals surface area contributed by atoms with Gasteiger partial charge in [-0.15, -0.1) is 11.3 Å². The first-order valence-corrected chi connectivity index (χ1v) is 11.1. The normalized spacial score (nSPS) is 10.9. The molecule has 0 aliphatic rings. The minimum atomic E-state index is -0.195. The molecule has 0 spiro atoms. The van der Waals surface area contributed by atoms with Crippen molar-refractivity contribution < 1.29 is 9.53 Å². The third kappa shape index (κ3) is 4.51. The molecule has 0 aliphatic heterocycles. The highest BCUT2D eigenvalue weighted by atomic mass is 35.5. The summed E-state index contributed by atoms with van der Waals surface area (Å²) in [6.07, 6.45) is 0. The van der Waals surface area contributed by atoms with E-state index in [4.69, 9.17) is 16.3 Å². The van der Waals surface area contributed by atoms with Crippen molar-refractivity contribution in [3.8, 4) is 11.5 Å². The Bertz CT molecular complexity index is 1270. The second-order valence-electron chi connectivity index (χ2n) is 6.29. The number of rotatable bonds is 6. The summed E-state index contributed by atoms with van der Waals surface area (Å²) in [5.41, 5.74) is 1.19. The number of anilines is 1. The Labute approximate surface area is 185 Å². The van der Waals surface area contributed by atoms with Gasteiger partial charge in [0.2, 0.25) is 5.91 Å². The molecule has 1 N–H and O–H groups in total. The summed E-state index contributed by atoms with van der Waals surface area (Å²) in [6, 6.07) is 16.0. The molecule has 0 saturated carbocycles. The quantitative estimate of drug-likeness (QED) is 0.319. The fraction of sp³-hybridized carbons (Fsp3) is 0.0952. The second kappa shape index (κ2) is 8.91. The van der Waals surface area contributed by atoms with Gasteiger partial charge < -0.3 is 10.1 Å². The van der Waals surface area contributed by atoms with Crippen molar-refractivity contribution in [2.24, 2.45) is 7.05 Å². The van der Waals surface area contributed by atoms with Crippen LogP contribution in [0.3, 0.4) is 0 Å². The van der Waals surface area contributed by atoms with E-state index in [-0.39, 0.29) is 17.2 Å². The number of para-hydroxylation sites is 1. The van der Waals surface area contributed by atoms with E-state index in [2.05, 4.69) is 10.3 Å². The lowest BCUT2D eigenvalue weighted by Crippen LogP contribution is -2.20. The Morgan fingerprint density at radius 2 is 1.97 bits per heavy atom. The average molecular weight is 458 g/mol. The number of amides is 1.